The van der Waals surface area contributed by atoms with Gasteiger partial charge in [-0.25, -0.2) is 14.3 Å². The molecule has 258 valence electrons. The molecule has 0 spiro atoms. The van der Waals surface area contributed by atoms with E-state index in [-0.39, 0.29) is 78.5 Å². The molecule has 2 amide bonds. The number of fused-ring (bicyclic) bond motifs is 1. The summed E-state index contributed by atoms with van der Waals surface area (Å²) >= 11 is 13.0. The van der Waals surface area contributed by atoms with Crippen molar-refractivity contribution >= 4 is 107 Å². The van der Waals surface area contributed by atoms with E-state index in [1.807, 2.05) is 0 Å². The summed E-state index contributed by atoms with van der Waals surface area (Å²) in [7, 11) is 2.31. The number of nitrogens with one attached hydrogen (secondary N) is 4. The predicted octanol–water partition coefficient (Wildman–Crippen LogP) is 0.807. The van der Waals surface area contributed by atoms with Gasteiger partial charge in [0.25, 0.3) is 11.8 Å². The van der Waals surface area contributed by atoms with Crippen LogP contribution in [0.3, 0.4) is 0 Å². The number of hydrogen-bond donors (Lipinski definition) is 7. The maximum atomic E-state index is 13.6. The van der Waals surface area contributed by atoms with E-state index in [1.165, 1.54) is 10.8 Å². The molecule has 0 aromatic carbocycles. The van der Waals surface area contributed by atoms with Crippen molar-refractivity contribution in [1.29, 1.82) is 0 Å². The van der Waals surface area contributed by atoms with Gasteiger partial charge in [-0.15, -0.1) is 12.6 Å². The molecular weight excluding hydrogens is 721 g/mol. The zero-order valence-corrected chi connectivity index (χ0v) is 30.2. The number of rotatable bonds is 21. The van der Waals surface area contributed by atoms with Crippen LogP contribution in [0.1, 0.15) is 26.7 Å². The molecule has 0 bridgehead atoms. The number of thiol groups is 3. The molecule has 14 nitrogen and oxygen atoms in total. The molecule has 20 heteroatoms. The minimum Gasteiger partial charge on any atom is -0.489 e. The third kappa shape index (κ3) is 12.7. The summed E-state index contributed by atoms with van der Waals surface area (Å²) in [5.74, 6) is -2.05. The second-order valence-corrected chi connectivity index (χ2v) is 13.5. The van der Waals surface area contributed by atoms with Crippen LogP contribution >= 0.6 is 71.6 Å². The topological polar surface area (TPSA) is 187 Å². The average Bonchev–Trinajstić information content (AvgIpc) is 3.22. The Labute approximate surface area is 296 Å². The fourth-order valence-electron chi connectivity index (χ4n) is 3.71. The number of esters is 2. The Bertz CT molecular complexity index is 1170. The predicted molar refractivity (Wildman–Crippen MR) is 186 cm³/mol. The van der Waals surface area contributed by atoms with Crippen LogP contribution in [0.2, 0.25) is 0 Å². The van der Waals surface area contributed by atoms with Gasteiger partial charge in [-0.05, 0) is 24.8 Å². The SMILES string of the molecule is CCOC(=O)C(CSN[C@@H](CS)C(=O)S)NC(=O)C1=C2OCCCOC2=C(C(=O)NC(CSSN[C@H](C=O)CS)C(=O)OCC)C1. The highest BCUT2D eigenvalue weighted by atomic mass is 33.1. The van der Waals surface area contributed by atoms with Crippen LogP contribution in [0, 0.1) is 0 Å². The van der Waals surface area contributed by atoms with Crippen LogP contribution in [0.15, 0.2) is 22.7 Å². The number of amides is 2. The summed E-state index contributed by atoms with van der Waals surface area (Å²) in [6.45, 7) is 3.85. The van der Waals surface area contributed by atoms with Crippen LogP contribution < -0.4 is 20.1 Å². The minimum atomic E-state index is -1.13. The molecule has 0 aromatic rings. The van der Waals surface area contributed by atoms with E-state index in [1.54, 1.807) is 13.8 Å². The Balaban J connectivity index is 2.20. The van der Waals surface area contributed by atoms with E-state index >= 15 is 0 Å². The second kappa shape index (κ2) is 22.0. The molecule has 1 fully saturated rings. The van der Waals surface area contributed by atoms with Crippen LogP contribution in [-0.2, 0) is 47.7 Å². The first-order chi connectivity index (χ1) is 22.1. The summed E-state index contributed by atoms with van der Waals surface area (Å²) in [6.07, 6.45) is 0.990. The van der Waals surface area contributed by atoms with E-state index in [0.717, 1.165) is 22.9 Å². The minimum absolute atomic E-state index is 0.00312. The monoisotopic (exact) mass is 758 g/mol. The fourth-order valence-corrected chi connectivity index (χ4v) is 7.59. The Kier molecular flexibility index (Phi) is 19.4. The zero-order chi connectivity index (χ0) is 34.1. The van der Waals surface area contributed by atoms with E-state index in [0.29, 0.717) is 12.7 Å². The van der Waals surface area contributed by atoms with Crippen molar-refractivity contribution in [3.05, 3.63) is 22.7 Å². The van der Waals surface area contributed by atoms with Gasteiger partial charge in [-0.1, -0.05) is 22.7 Å². The van der Waals surface area contributed by atoms with Crippen molar-refractivity contribution < 1.29 is 47.7 Å². The summed E-state index contributed by atoms with van der Waals surface area (Å²) in [5.41, 5.74) is 0.123. The maximum absolute atomic E-state index is 13.6. The smallest absolute Gasteiger partial charge is 0.329 e. The van der Waals surface area contributed by atoms with Crippen LogP contribution in [0.5, 0.6) is 0 Å². The normalized spacial score (nSPS) is 16.9. The molecule has 46 heavy (non-hydrogen) atoms. The number of ether oxygens (including phenoxy) is 4. The summed E-state index contributed by atoms with van der Waals surface area (Å²) in [5, 5.41) is 4.86. The Hall–Kier alpha value is -1.68. The zero-order valence-electron chi connectivity index (χ0n) is 25.1. The van der Waals surface area contributed by atoms with Gasteiger partial charge in [0, 0.05) is 35.9 Å². The first-order valence-electron chi connectivity index (χ1n) is 14.1. The highest BCUT2D eigenvalue weighted by Crippen LogP contribution is 2.36. The Morgan fingerprint density at radius 1 is 0.848 bits per heavy atom. The lowest BCUT2D eigenvalue weighted by Crippen LogP contribution is -2.46. The van der Waals surface area contributed by atoms with Gasteiger partial charge in [0.1, 0.15) is 18.4 Å². The van der Waals surface area contributed by atoms with Crippen molar-refractivity contribution in [2.24, 2.45) is 0 Å². The Morgan fingerprint density at radius 3 is 1.85 bits per heavy atom. The number of aldehydes is 1. The molecule has 4 atom stereocenters. The van der Waals surface area contributed by atoms with Crippen LogP contribution in [-0.4, -0.2) is 109 Å². The Morgan fingerprint density at radius 2 is 1.39 bits per heavy atom. The first-order valence-corrected chi connectivity index (χ1v) is 19.1. The van der Waals surface area contributed by atoms with E-state index in [2.05, 4.69) is 58.0 Å². The summed E-state index contributed by atoms with van der Waals surface area (Å²) in [6, 6.07) is -3.38. The molecule has 2 aliphatic rings. The number of hydrogen-bond acceptors (Lipinski definition) is 17. The highest BCUT2D eigenvalue weighted by Gasteiger charge is 2.38. The largest absolute Gasteiger partial charge is 0.489 e. The lowest BCUT2D eigenvalue weighted by Gasteiger charge is -2.19. The highest BCUT2D eigenvalue weighted by molar-refractivity contribution is 8.76. The van der Waals surface area contributed by atoms with Crippen LogP contribution in [0.4, 0.5) is 0 Å². The molecule has 0 aromatic heterocycles. The van der Waals surface area contributed by atoms with Gasteiger partial charge in [-0.3, -0.25) is 19.1 Å². The lowest BCUT2D eigenvalue weighted by molar-refractivity contribution is -0.146. The van der Waals surface area contributed by atoms with Crippen molar-refractivity contribution in [2.75, 3.05) is 49.4 Å². The molecule has 1 aliphatic heterocycles. The van der Waals surface area contributed by atoms with E-state index < -0.39 is 53.0 Å². The van der Waals surface area contributed by atoms with E-state index in [4.69, 9.17) is 18.9 Å². The van der Waals surface area contributed by atoms with Crippen molar-refractivity contribution in [3.8, 4) is 0 Å². The van der Waals surface area contributed by atoms with Gasteiger partial charge in [-0.2, -0.15) is 25.3 Å². The van der Waals surface area contributed by atoms with Gasteiger partial charge >= 0.3 is 11.9 Å². The van der Waals surface area contributed by atoms with Crippen LogP contribution in [0.25, 0.3) is 0 Å². The number of carbonyl (C=O) groups excluding carboxylic acids is 6. The van der Waals surface area contributed by atoms with Crippen molar-refractivity contribution in [3.63, 3.8) is 0 Å². The molecule has 1 aliphatic carbocycles. The van der Waals surface area contributed by atoms with Crippen molar-refractivity contribution in [2.45, 2.75) is 50.9 Å². The average molecular weight is 759 g/mol. The van der Waals surface area contributed by atoms with Gasteiger partial charge < -0.3 is 34.4 Å². The molecule has 0 radical (unpaired) electrons. The molecule has 1 heterocycles. The first kappa shape index (κ1) is 40.5. The molecule has 4 N–H and O–H groups in total. The third-order valence-corrected chi connectivity index (χ3v) is 10.1. The van der Waals surface area contributed by atoms with Gasteiger partial charge in [0.15, 0.2) is 11.5 Å². The van der Waals surface area contributed by atoms with Gasteiger partial charge in [0.05, 0.1) is 49.7 Å². The third-order valence-electron chi connectivity index (χ3n) is 6.00. The van der Waals surface area contributed by atoms with Crippen molar-refractivity contribution in [1.82, 2.24) is 20.1 Å². The molecular formula is C26H38N4O10S6. The number of carbonyl (C=O) groups is 6. The second-order valence-electron chi connectivity index (χ2n) is 9.31. The van der Waals surface area contributed by atoms with E-state index in [9.17, 15) is 28.8 Å². The molecule has 2 rings (SSSR count). The summed E-state index contributed by atoms with van der Waals surface area (Å²) in [4.78, 5) is 75.1. The molecule has 0 saturated carbocycles. The molecule has 1 saturated heterocycles. The molecule has 2 unspecified atom stereocenters. The quantitative estimate of drug-likeness (QED) is 0.0218. The standard InChI is InChI=1S/C26H38N4O10S6/c1-3-37-24(34)18(12-44-30-17(11-42)26(36)43)27-22(32)15-8-16(21-20(15)39-6-5-7-40-21)23(33)28-19(25(35)38-4-2)13-45-46-29-14(9-31)10-41/h9,14,17-19,29-30,41-42H,3-8,10-13H2,1-2H3,(H,27,32)(H,28,33)(H,36,43)/t14-,17+,18?,19?/m1/s1. The van der Waals surface area contributed by atoms with Gasteiger partial charge in [0.2, 0.25) is 5.12 Å². The lowest BCUT2D eigenvalue weighted by atomic mass is 10.1. The summed E-state index contributed by atoms with van der Waals surface area (Å²) < 4.78 is 27.7. The maximum Gasteiger partial charge on any atom is 0.329 e. The fraction of sp³-hybridized carbons (Fsp3) is 0.615.